The zero-order valence-corrected chi connectivity index (χ0v) is 18.1. The Morgan fingerprint density at radius 2 is 1.24 bits per heavy atom. The molecule has 0 aliphatic heterocycles. The molecule has 0 fully saturated rings. The fourth-order valence-electron chi connectivity index (χ4n) is 2.98. The summed E-state index contributed by atoms with van der Waals surface area (Å²) in [5.74, 6) is -0.538. The van der Waals surface area contributed by atoms with Crippen LogP contribution in [0, 0.1) is 53.4 Å². The number of nitriles is 1. The SMILES string of the molecule is COc1cc(C(=O)Oc2cc(F)c(C#N)c(F)c2)cc(OC)c1C#Cc1c(F)cc(C)cc1F. The molecule has 0 saturated heterocycles. The van der Waals surface area contributed by atoms with E-state index in [1.54, 1.807) is 0 Å². The van der Waals surface area contributed by atoms with Gasteiger partial charge in [0.1, 0.15) is 57.7 Å². The van der Waals surface area contributed by atoms with Crippen LogP contribution in [-0.4, -0.2) is 20.2 Å². The first-order chi connectivity index (χ1) is 16.2. The quantitative estimate of drug-likeness (QED) is 0.231. The lowest BCUT2D eigenvalue weighted by Crippen LogP contribution is -2.10. The molecule has 0 N–H and O–H groups in total. The third-order valence-corrected chi connectivity index (χ3v) is 4.58. The number of halogens is 4. The summed E-state index contributed by atoms with van der Waals surface area (Å²) in [6.07, 6.45) is 0. The van der Waals surface area contributed by atoms with Crippen molar-refractivity contribution in [3.8, 4) is 35.2 Å². The highest BCUT2D eigenvalue weighted by Crippen LogP contribution is 2.31. The first kappa shape index (κ1) is 24.1. The summed E-state index contributed by atoms with van der Waals surface area (Å²) in [5.41, 5.74) is -0.912. The van der Waals surface area contributed by atoms with E-state index in [9.17, 15) is 22.4 Å². The summed E-state index contributed by atoms with van der Waals surface area (Å²) in [6.45, 7) is 1.54. The molecule has 5 nitrogen and oxygen atoms in total. The fraction of sp³-hybridized carbons (Fsp3) is 0.120. The van der Waals surface area contributed by atoms with Gasteiger partial charge in [-0.1, -0.05) is 11.8 Å². The van der Waals surface area contributed by atoms with Gasteiger partial charge in [-0.3, -0.25) is 0 Å². The van der Waals surface area contributed by atoms with E-state index in [4.69, 9.17) is 19.5 Å². The molecular formula is C25H15F4NO4. The molecule has 0 atom stereocenters. The Labute approximate surface area is 192 Å². The molecule has 0 unspecified atom stereocenters. The van der Waals surface area contributed by atoms with Crippen LogP contribution in [0.15, 0.2) is 36.4 Å². The minimum absolute atomic E-state index is 0.0175. The maximum absolute atomic E-state index is 14.1. The minimum Gasteiger partial charge on any atom is -0.495 e. The third-order valence-electron chi connectivity index (χ3n) is 4.58. The highest BCUT2D eigenvalue weighted by Gasteiger charge is 2.19. The Morgan fingerprint density at radius 1 is 0.765 bits per heavy atom. The van der Waals surface area contributed by atoms with Gasteiger partial charge in [-0.25, -0.2) is 22.4 Å². The average molecular weight is 469 g/mol. The van der Waals surface area contributed by atoms with E-state index in [0.29, 0.717) is 17.7 Å². The number of nitrogens with zero attached hydrogens (tertiary/aromatic N) is 1. The molecular weight excluding hydrogens is 454 g/mol. The Morgan fingerprint density at radius 3 is 1.71 bits per heavy atom. The van der Waals surface area contributed by atoms with Crippen molar-refractivity contribution in [1.82, 2.24) is 0 Å². The number of rotatable bonds is 4. The van der Waals surface area contributed by atoms with Gasteiger partial charge >= 0.3 is 5.97 Å². The van der Waals surface area contributed by atoms with Crippen molar-refractivity contribution in [1.29, 1.82) is 5.26 Å². The van der Waals surface area contributed by atoms with Gasteiger partial charge < -0.3 is 14.2 Å². The molecule has 0 aliphatic rings. The minimum atomic E-state index is -1.19. The lowest BCUT2D eigenvalue weighted by atomic mass is 10.1. The van der Waals surface area contributed by atoms with E-state index < -0.39 is 46.1 Å². The lowest BCUT2D eigenvalue weighted by molar-refractivity contribution is 0.0733. The number of esters is 1. The molecule has 0 heterocycles. The molecule has 34 heavy (non-hydrogen) atoms. The van der Waals surface area contributed by atoms with Crippen molar-refractivity contribution >= 4 is 5.97 Å². The summed E-state index contributed by atoms with van der Waals surface area (Å²) in [5, 5.41) is 8.73. The first-order valence-electron chi connectivity index (χ1n) is 9.53. The number of ether oxygens (including phenoxy) is 3. The van der Waals surface area contributed by atoms with Crippen molar-refractivity contribution in [3.05, 3.63) is 87.5 Å². The maximum Gasteiger partial charge on any atom is 0.343 e. The highest BCUT2D eigenvalue weighted by atomic mass is 19.1. The van der Waals surface area contributed by atoms with Crippen LogP contribution >= 0.6 is 0 Å². The maximum atomic E-state index is 14.1. The Kier molecular flexibility index (Phi) is 7.08. The molecule has 0 bridgehead atoms. The molecule has 172 valence electrons. The van der Waals surface area contributed by atoms with Crippen LogP contribution in [-0.2, 0) is 0 Å². The number of methoxy groups -OCH3 is 2. The van der Waals surface area contributed by atoms with E-state index in [0.717, 1.165) is 12.1 Å². The van der Waals surface area contributed by atoms with Gasteiger partial charge in [0.15, 0.2) is 0 Å². The lowest BCUT2D eigenvalue weighted by Gasteiger charge is -2.12. The van der Waals surface area contributed by atoms with Crippen LogP contribution in [0.5, 0.6) is 17.2 Å². The first-order valence-corrected chi connectivity index (χ1v) is 9.53. The molecule has 0 radical (unpaired) electrons. The Hall–Kier alpha value is -4.50. The van der Waals surface area contributed by atoms with Gasteiger partial charge in [0.2, 0.25) is 0 Å². The topological polar surface area (TPSA) is 68.5 Å². The molecule has 0 aliphatic carbocycles. The van der Waals surface area contributed by atoms with E-state index in [2.05, 4.69) is 11.8 Å². The molecule has 3 aromatic carbocycles. The second kappa shape index (κ2) is 9.97. The Bertz CT molecular complexity index is 1330. The van der Waals surface area contributed by atoms with Crippen LogP contribution in [0.1, 0.15) is 32.6 Å². The fourth-order valence-corrected chi connectivity index (χ4v) is 2.98. The van der Waals surface area contributed by atoms with E-state index in [1.807, 2.05) is 0 Å². The summed E-state index contributed by atoms with van der Waals surface area (Å²) >= 11 is 0. The van der Waals surface area contributed by atoms with Crippen molar-refractivity contribution in [3.63, 3.8) is 0 Å². The zero-order chi connectivity index (χ0) is 25.0. The summed E-state index contributed by atoms with van der Waals surface area (Å²) in [7, 11) is 2.54. The van der Waals surface area contributed by atoms with Crippen molar-refractivity contribution in [2.45, 2.75) is 6.92 Å². The molecule has 9 heteroatoms. The smallest absolute Gasteiger partial charge is 0.343 e. The number of aryl methyl sites for hydroxylation is 1. The standard InChI is InChI=1S/C25H15F4NO4/c1-13-6-19(26)16(20(27)7-13)4-5-17-23(32-2)8-14(9-24(17)33-3)25(31)34-15-10-21(28)18(12-30)22(29)11-15/h6-11H,1-3H3. The van der Waals surface area contributed by atoms with Crippen LogP contribution in [0.3, 0.4) is 0 Å². The second-order valence-corrected chi connectivity index (χ2v) is 6.87. The van der Waals surface area contributed by atoms with E-state index >= 15 is 0 Å². The van der Waals surface area contributed by atoms with Gasteiger partial charge in [0.25, 0.3) is 0 Å². The summed E-state index contributed by atoms with van der Waals surface area (Å²) < 4.78 is 71.3. The van der Waals surface area contributed by atoms with Crippen LogP contribution < -0.4 is 14.2 Å². The summed E-state index contributed by atoms with van der Waals surface area (Å²) in [4.78, 5) is 12.6. The van der Waals surface area contributed by atoms with Crippen molar-refractivity contribution < 1.29 is 36.6 Å². The average Bonchev–Trinajstić information content (AvgIpc) is 2.77. The predicted octanol–water partition coefficient (Wildman–Crippen LogP) is 5.06. The van der Waals surface area contributed by atoms with Crippen molar-refractivity contribution in [2.24, 2.45) is 0 Å². The van der Waals surface area contributed by atoms with Gasteiger partial charge in [-0.2, -0.15) is 5.26 Å². The van der Waals surface area contributed by atoms with Gasteiger partial charge in [0, 0.05) is 12.1 Å². The monoisotopic (exact) mass is 469 g/mol. The number of benzene rings is 3. The summed E-state index contributed by atoms with van der Waals surface area (Å²) in [6, 6.07) is 7.45. The predicted molar refractivity (Wildman–Crippen MR) is 113 cm³/mol. The highest BCUT2D eigenvalue weighted by molar-refractivity contribution is 5.92. The zero-order valence-electron chi connectivity index (χ0n) is 18.1. The molecule has 0 spiro atoms. The van der Waals surface area contributed by atoms with Crippen LogP contribution in [0.4, 0.5) is 17.6 Å². The van der Waals surface area contributed by atoms with Crippen molar-refractivity contribution in [2.75, 3.05) is 14.2 Å². The van der Waals surface area contributed by atoms with E-state index in [1.165, 1.54) is 39.3 Å². The Balaban J connectivity index is 2.00. The number of carbonyl (C=O) groups is 1. The molecule has 3 rings (SSSR count). The third kappa shape index (κ3) is 4.94. The second-order valence-electron chi connectivity index (χ2n) is 6.87. The molecule has 3 aromatic rings. The number of carbonyl (C=O) groups excluding carboxylic acids is 1. The largest absolute Gasteiger partial charge is 0.495 e. The molecule has 0 aromatic heterocycles. The molecule has 0 amide bonds. The van der Waals surface area contributed by atoms with Gasteiger partial charge in [0.05, 0.1) is 25.3 Å². The van der Waals surface area contributed by atoms with Gasteiger partial charge in [-0.05, 0) is 36.8 Å². The normalized spacial score (nSPS) is 10.1. The van der Waals surface area contributed by atoms with Crippen LogP contribution in [0.2, 0.25) is 0 Å². The van der Waals surface area contributed by atoms with E-state index in [-0.39, 0.29) is 22.6 Å². The number of hydrogen-bond acceptors (Lipinski definition) is 5. The van der Waals surface area contributed by atoms with Crippen LogP contribution in [0.25, 0.3) is 0 Å². The molecule has 0 saturated carbocycles. The number of hydrogen-bond donors (Lipinski definition) is 0. The van der Waals surface area contributed by atoms with Gasteiger partial charge in [-0.15, -0.1) is 0 Å².